The van der Waals surface area contributed by atoms with E-state index in [-0.39, 0.29) is 6.61 Å². The van der Waals surface area contributed by atoms with Crippen LogP contribution in [0.15, 0.2) is 52.0 Å². The first-order valence-corrected chi connectivity index (χ1v) is 10.5. The highest BCUT2D eigenvalue weighted by Crippen LogP contribution is 2.33. The molecule has 0 aliphatic heterocycles. The molecule has 30 heavy (non-hydrogen) atoms. The molecule has 0 fully saturated rings. The van der Waals surface area contributed by atoms with E-state index in [0.29, 0.717) is 50.0 Å². The Hall–Kier alpha value is -2.97. The summed E-state index contributed by atoms with van der Waals surface area (Å²) in [5, 5.41) is 8.95. The fraction of sp³-hybridized carbons (Fsp3) is 0.190. The number of hydrogen-bond donors (Lipinski definition) is 1. The van der Waals surface area contributed by atoms with Gasteiger partial charge in [-0.25, -0.2) is 9.78 Å². The molecule has 0 atom stereocenters. The lowest BCUT2D eigenvalue weighted by atomic mass is 10.1. The van der Waals surface area contributed by atoms with E-state index in [1.807, 2.05) is 24.3 Å². The Balaban J connectivity index is 1.59. The summed E-state index contributed by atoms with van der Waals surface area (Å²) < 4.78 is 16.5. The van der Waals surface area contributed by atoms with Gasteiger partial charge in [0.25, 0.3) is 0 Å². The Bertz CT molecular complexity index is 1200. The van der Waals surface area contributed by atoms with Crippen LogP contribution < -0.4 is 4.74 Å². The number of hydrogen-bond acceptors (Lipinski definition) is 7. The van der Waals surface area contributed by atoms with Crippen LogP contribution in [0, 0.1) is 0 Å². The molecule has 0 unspecified atom stereocenters. The molecule has 0 bridgehead atoms. The average Bonchev–Trinajstić information content (AvgIpc) is 3.36. The van der Waals surface area contributed by atoms with E-state index in [1.54, 1.807) is 32.2 Å². The third kappa shape index (κ3) is 4.01. The third-order valence-corrected chi connectivity index (χ3v) is 5.44. The smallest absolute Gasteiger partial charge is 0.342 e. The maximum Gasteiger partial charge on any atom is 0.342 e. The topological polar surface area (TPSA) is 90.2 Å². The fourth-order valence-electron chi connectivity index (χ4n) is 3.05. The van der Waals surface area contributed by atoms with Gasteiger partial charge in [-0.15, -0.1) is 5.10 Å². The summed E-state index contributed by atoms with van der Waals surface area (Å²) >= 11 is 7.45. The second-order valence-corrected chi connectivity index (χ2v) is 7.60. The lowest BCUT2D eigenvalue weighted by Gasteiger charge is -2.05. The zero-order valence-electron chi connectivity index (χ0n) is 16.3. The molecule has 0 radical (unpaired) electrons. The zero-order valence-corrected chi connectivity index (χ0v) is 17.8. The van der Waals surface area contributed by atoms with E-state index < -0.39 is 5.97 Å². The van der Waals surface area contributed by atoms with Crippen LogP contribution in [0.4, 0.5) is 0 Å². The van der Waals surface area contributed by atoms with Gasteiger partial charge in [0.1, 0.15) is 22.7 Å². The molecule has 0 aliphatic rings. The highest BCUT2D eigenvalue weighted by atomic mass is 35.5. The molecule has 4 rings (SSSR count). The van der Waals surface area contributed by atoms with Gasteiger partial charge in [-0.1, -0.05) is 41.6 Å². The van der Waals surface area contributed by atoms with E-state index >= 15 is 0 Å². The number of halogens is 1. The van der Waals surface area contributed by atoms with Crippen LogP contribution >= 0.6 is 23.4 Å². The number of carbonyl (C=O) groups is 1. The number of para-hydroxylation sites is 1. The minimum Gasteiger partial charge on any atom is -0.496 e. The van der Waals surface area contributed by atoms with Crippen molar-refractivity contribution in [2.45, 2.75) is 17.8 Å². The molecule has 7 nitrogen and oxygen atoms in total. The number of H-pyrrole nitrogens is 1. The summed E-state index contributed by atoms with van der Waals surface area (Å²) in [7, 11) is 1.58. The summed E-state index contributed by atoms with van der Waals surface area (Å²) in [6.45, 7) is 2.06. The third-order valence-electron chi connectivity index (χ3n) is 4.36. The minimum absolute atomic E-state index is 0.288. The van der Waals surface area contributed by atoms with Gasteiger partial charge < -0.3 is 13.9 Å². The Kier molecular flexibility index (Phi) is 5.96. The van der Waals surface area contributed by atoms with E-state index in [9.17, 15) is 4.79 Å². The quantitative estimate of drug-likeness (QED) is 0.304. The number of thioether (sulfide) groups is 1. The van der Waals surface area contributed by atoms with Crippen molar-refractivity contribution in [3.05, 3.63) is 58.8 Å². The fourth-order valence-corrected chi connectivity index (χ4v) is 3.95. The number of nitrogens with one attached hydrogen (secondary N) is 1. The van der Waals surface area contributed by atoms with E-state index in [1.165, 1.54) is 11.8 Å². The monoisotopic (exact) mass is 443 g/mol. The Morgan fingerprint density at radius 1 is 1.27 bits per heavy atom. The van der Waals surface area contributed by atoms with Crippen molar-refractivity contribution in [3.8, 4) is 17.1 Å². The highest BCUT2D eigenvalue weighted by molar-refractivity contribution is 7.98. The Labute approximate surface area is 181 Å². The van der Waals surface area contributed by atoms with Crippen molar-refractivity contribution in [3.63, 3.8) is 0 Å². The second-order valence-electron chi connectivity index (χ2n) is 6.22. The van der Waals surface area contributed by atoms with E-state index in [4.69, 9.17) is 25.5 Å². The molecule has 0 saturated carbocycles. The lowest BCUT2D eigenvalue weighted by molar-refractivity contribution is 0.0526. The number of furan rings is 1. The summed E-state index contributed by atoms with van der Waals surface area (Å²) in [5.41, 5.74) is 1.78. The maximum atomic E-state index is 12.5. The average molecular weight is 444 g/mol. The van der Waals surface area contributed by atoms with Crippen molar-refractivity contribution in [2.24, 2.45) is 0 Å². The van der Waals surface area contributed by atoms with Gasteiger partial charge in [-0.3, -0.25) is 5.10 Å². The predicted molar refractivity (Wildman–Crippen MR) is 115 cm³/mol. The van der Waals surface area contributed by atoms with Gasteiger partial charge in [0.05, 0.1) is 25.0 Å². The van der Waals surface area contributed by atoms with E-state index in [2.05, 4.69) is 15.2 Å². The van der Waals surface area contributed by atoms with Crippen LogP contribution in [-0.4, -0.2) is 34.9 Å². The first kappa shape index (κ1) is 20.3. The number of rotatable bonds is 7. The second kappa shape index (κ2) is 8.81. The largest absolute Gasteiger partial charge is 0.496 e. The van der Waals surface area contributed by atoms with Crippen LogP contribution in [-0.2, 0) is 10.5 Å². The molecule has 0 amide bonds. The number of aromatic amines is 1. The lowest BCUT2D eigenvalue weighted by Crippen LogP contribution is -2.06. The first-order chi connectivity index (χ1) is 14.6. The van der Waals surface area contributed by atoms with Crippen LogP contribution in [0.3, 0.4) is 0 Å². The number of fused-ring (bicyclic) bond motifs is 1. The number of esters is 1. The molecule has 154 valence electrons. The van der Waals surface area contributed by atoms with Gasteiger partial charge in [0, 0.05) is 10.4 Å². The molecule has 0 aliphatic carbocycles. The number of ether oxygens (including phenoxy) is 2. The van der Waals surface area contributed by atoms with Crippen LogP contribution in [0.2, 0.25) is 5.02 Å². The number of methoxy groups -OCH3 is 1. The SMILES string of the molecule is CCOC(=O)c1c(CSc2n[nH]c(-c3cc(Cl)ccc3OC)n2)oc2ccccc12. The molecule has 2 aromatic heterocycles. The predicted octanol–water partition coefficient (Wildman–Crippen LogP) is 5.35. The molecule has 9 heteroatoms. The number of carbonyl (C=O) groups excluding carboxylic acids is 1. The van der Waals surface area contributed by atoms with Gasteiger partial charge in [-0.05, 0) is 31.2 Å². The van der Waals surface area contributed by atoms with Gasteiger partial charge in [-0.2, -0.15) is 0 Å². The van der Waals surface area contributed by atoms with Crippen LogP contribution in [0.25, 0.3) is 22.4 Å². The summed E-state index contributed by atoms with van der Waals surface area (Å²) in [6.07, 6.45) is 0. The number of benzene rings is 2. The van der Waals surface area contributed by atoms with Crippen molar-refractivity contribution >= 4 is 40.3 Å². The highest BCUT2D eigenvalue weighted by Gasteiger charge is 2.22. The summed E-state index contributed by atoms with van der Waals surface area (Å²) in [5.74, 6) is 1.65. The van der Waals surface area contributed by atoms with Crippen LogP contribution in [0.5, 0.6) is 5.75 Å². The number of aromatic nitrogens is 3. The molecule has 0 saturated heterocycles. The molecule has 2 aromatic carbocycles. The Morgan fingerprint density at radius 3 is 2.90 bits per heavy atom. The molecule has 2 heterocycles. The summed E-state index contributed by atoms with van der Waals surface area (Å²) in [6, 6.07) is 12.7. The zero-order chi connectivity index (χ0) is 21.1. The standard InChI is InChI=1S/C21H18ClN3O4S/c1-3-28-20(26)18-13-6-4-5-7-16(13)29-17(18)11-30-21-23-19(24-25-21)14-10-12(22)8-9-15(14)27-2/h4-10H,3,11H2,1-2H3,(H,23,24,25). The normalized spacial score (nSPS) is 11.0. The van der Waals surface area contributed by atoms with Gasteiger partial charge in [0.2, 0.25) is 5.16 Å². The first-order valence-electron chi connectivity index (χ1n) is 9.17. The molecule has 1 N–H and O–H groups in total. The van der Waals surface area contributed by atoms with Gasteiger partial charge in [0.15, 0.2) is 5.82 Å². The van der Waals surface area contributed by atoms with Crippen molar-refractivity contribution in [1.82, 2.24) is 15.2 Å². The molecule has 0 spiro atoms. The number of nitrogens with zero attached hydrogens (tertiary/aromatic N) is 2. The van der Waals surface area contributed by atoms with E-state index in [0.717, 1.165) is 5.39 Å². The summed E-state index contributed by atoms with van der Waals surface area (Å²) in [4.78, 5) is 17.0. The molecular formula is C21H18ClN3O4S. The van der Waals surface area contributed by atoms with Crippen LogP contribution in [0.1, 0.15) is 23.0 Å². The van der Waals surface area contributed by atoms with Crippen molar-refractivity contribution in [1.29, 1.82) is 0 Å². The van der Waals surface area contributed by atoms with Gasteiger partial charge >= 0.3 is 5.97 Å². The maximum absolute atomic E-state index is 12.5. The minimum atomic E-state index is -0.405. The van der Waals surface area contributed by atoms with Crippen molar-refractivity contribution < 1.29 is 18.7 Å². The Morgan fingerprint density at radius 2 is 2.10 bits per heavy atom. The molecular weight excluding hydrogens is 426 g/mol. The van der Waals surface area contributed by atoms with Crippen molar-refractivity contribution in [2.75, 3.05) is 13.7 Å². The molecule has 4 aromatic rings.